The van der Waals surface area contributed by atoms with Gasteiger partial charge in [-0.2, -0.15) is 5.26 Å². The summed E-state index contributed by atoms with van der Waals surface area (Å²) in [6, 6.07) is 8.01. The molecule has 1 amide bonds. The molecule has 0 saturated heterocycles. The molecule has 4 rings (SSSR count). The molecule has 0 radical (unpaired) electrons. The van der Waals surface area contributed by atoms with Gasteiger partial charge in [0.05, 0.1) is 17.6 Å². The normalized spacial score (nSPS) is 22.4. The van der Waals surface area contributed by atoms with Crippen LogP contribution in [0.5, 0.6) is 5.88 Å². The minimum Gasteiger partial charge on any atom is -0.444 e. The monoisotopic (exact) mass is 517 g/mol. The molecule has 38 heavy (non-hydrogen) atoms. The highest BCUT2D eigenvalue weighted by molar-refractivity contribution is 5.68. The number of nitrogens with zero attached hydrogens (tertiary/aromatic N) is 2. The summed E-state index contributed by atoms with van der Waals surface area (Å²) >= 11 is 0. The number of benzene rings is 1. The largest absolute Gasteiger partial charge is 0.444 e. The molecule has 2 heterocycles. The summed E-state index contributed by atoms with van der Waals surface area (Å²) in [5.74, 6) is 6.94. The molecular formula is C29H35N5O4. The van der Waals surface area contributed by atoms with Crippen LogP contribution in [0.3, 0.4) is 0 Å². The molecule has 9 nitrogen and oxygen atoms in total. The number of aliphatic hydroxyl groups excluding tert-OH is 1. The number of alkyl carbamates (subject to hydrolysis) is 1. The lowest BCUT2D eigenvalue weighted by molar-refractivity contribution is 0.0467. The third-order valence-electron chi connectivity index (χ3n) is 7.04. The number of carbonyl (C=O) groups is 1. The molecule has 0 bridgehead atoms. The minimum atomic E-state index is -0.940. The molecule has 0 unspecified atom stereocenters. The number of hydrogen-bond acceptors (Lipinski definition) is 7. The number of aromatic amines is 1. The summed E-state index contributed by atoms with van der Waals surface area (Å²) in [5.41, 5.74) is 8.77. The van der Waals surface area contributed by atoms with Crippen LogP contribution in [-0.4, -0.2) is 33.0 Å². The summed E-state index contributed by atoms with van der Waals surface area (Å²) in [4.78, 5) is 12.0. The third kappa shape index (κ3) is 4.94. The lowest BCUT2D eigenvalue weighted by Gasteiger charge is -2.41. The molecule has 1 aromatic carbocycles. The van der Waals surface area contributed by atoms with Crippen molar-refractivity contribution in [1.82, 2.24) is 15.5 Å². The molecule has 2 aliphatic rings. The molecule has 1 atom stereocenters. The number of aromatic nitrogens is 2. The number of fused-ring (bicyclic) bond motifs is 1. The second-order valence-corrected chi connectivity index (χ2v) is 11.3. The Labute approximate surface area is 223 Å². The van der Waals surface area contributed by atoms with E-state index in [1.165, 1.54) is 0 Å². The first-order valence-electron chi connectivity index (χ1n) is 12.8. The second kappa shape index (κ2) is 10.1. The lowest BCUT2D eigenvalue weighted by Crippen LogP contribution is -2.45. The molecule has 1 aliphatic carbocycles. The molecule has 5 N–H and O–H groups in total. The number of ether oxygens (including phenoxy) is 2. The summed E-state index contributed by atoms with van der Waals surface area (Å²) < 4.78 is 11.0. The predicted octanol–water partition coefficient (Wildman–Crippen LogP) is 3.89. The van der Waals surface area contributed by atoms with Gasteiger partial charge in [0, 0.05) is 23.2 Å². The number of nitrogens with two attached hydrogens (primary N) is 1. The van der Waals surface area contributed by atoms with E-state index in [9.17, 15) is 15.2 Å². The van der Waals surface area contributed by atoms with Gasteiger partial charge in [-0.1, -0.05) is 31.8 Å². The zero-order chi connectivity index (χ0) is 27.8. The molecule has 2 aromatic rings. The predicted molar refractivity (Wildman–Crippen MR) is 142 cm³/mol. The van der Waals surface area contributed by atoms with Crippen molar-refractivity contribution in [3.05, 3.63) is 57.6 Å². The van der Waals surface area contributed by atoms with Gasteiger partial charge in [-0.25, -0.2) is 4.79 Å². The van der Waals surface area contributed by atoms with E-state index in [-0.39, 0.29) is 30.4 Å². The van der Waals surface area contributed by atoms with Crippen LogP contribution in [0.1, 0.15) is 75.4 Å². The van der Waals surface area contributed by atoms with Crippen LogP contribution in [0, 0.1) is 41.9 Å². The van der Waals surface area contributed by atoms with Gasteiger partial charge in [0.15, 0.2) is 0 Å². The number of aryl methyl sites for hydroxylation is 1. The summed E-state index contributed by atoms with van der Waals surface area (Å²) in [5, 5.41) is 30.4. The van der Waals surface area contributed by atoms with Gasteiger partial charge in [-0.15, -0.1) is 5.10 Å². The first-order valence-corrected chi connectivity index (χ1v) is 12.8. The molecule has 0 spiro atoms. The van der Waals surface area contributed by atoms with Gasteiger partial charge >= 0.3 is 6.09 Å². The molecule has 1 aromatic heterocycles. The minimum absolute atomic E-state index is 0.0141. The van der Waals surface area contributed by atoms with Crippen LogP contribution < -0.4 is 15.8 Å². The maximum Gasteiger partial charge on any atom is 0.407 e. The fourth-order valence-corrected chi connectivity index (χ4v) is 5.36. The van der Waals surface area contributed by atoms with Crippen molar-refractivity contribution in [3.8, 4) is 23.8 Å². The van der Waals surface area contributed by atoms with Crippen molar-refractivity contribution < 1.29 is 19.4 Å². The highest BCUT2D eigenvalue weighted by atomic mass is 16.6. The van der Waals surface area contributed by atoms with Crippen LogP contribution in [0.15, 0.2) is 29.7 Å². The van der Waals surface area contributed by atoms with Crippen molar-refractivity contribution >= 4 is 6.09 Å². The summed E-state index contributed by atoms with van der Waals surface area (Å²) in [7, 11) is 0. The standard InChI is InChI=1S/C29H35N5O4/c1-16(2)29(23(14-30)25(31)37-26-24(29)17(3)33-34-26)21-10-18(9-20(11-21)15-35)7-8-19-12-22(13-19)32-27(36)38-28(4,5)6/h9-11,16,19,22,35H,12-13,15,31H2,1-6H3,(H,32,36)(H,33,34)/t19?,22?,29-/m0/s1. The zero-order valence-corrected chi connectivity index (χ0v) is 22.7. The van der Waals surface area contributed by atoms with E-state index in [0.29, 0.717) is 17.0 Å². The van der Waals surface area contributed by atoms with Gasteiger partial charge in [-0.05, 0) is 69.7 Å². The quantitative estimate of drug-likeness (QED) is 0.450. The van der Waals surface area contributed by atoms with Crippen molar-refractivity contribution in [3.63, 3.8) is 0 Å². The Balaban J connectivity index is 1.67. The lowest BCUT2D eigenvalue weighted by atomic mass is 9.61. The maximum atomic E-state index is 12.0. The number of H-pyrrole nitrogens is 1. The average Bonchev–Trinajstić information content (AvgIpc) is 3.17. The Morgan fingerprint density at radius 1 is 1.37 bits per heavy atom. The second-order valence-electron chi connectivity index (χ2n) is 11.3. The van der Waals surface area contributed by atoms with E-state index in [4.69, 9.17) is 15.2 Å². The van der Waals surface area contributed by atoms with Gasteiger partial charge in [0.1, 0.15) is 17.2 Å². The highest BCUT2D eigenvalue weighted by Crippen LogP contribution is 2.52. The summed E-state index contributed by atoms with van der Waals surface area (Å²) in [6.45, 7) is 11.2. The Bertz CT molecular complexity index is 1380. The van der Waals surface area contributed by atoms with Crippen LogP contribution in [0.2, 0.25) is 0 Å². The summed E-state index contributed by atoms with van der Waals surface area (Å²) in [6.07, 6.45) is 1.06. The molecule has 9 heteroatoms. The Hall–Kier alpha value is -3.95. The highest BCUT2D eigenvalue weighted by Gasteiger charge is 2.50. The van der Waals surface area contributed by atoms with E-state index in [0.717, 1.165) is 35.2 Å². The number of nitriles is 1. The first-order chi connectivity index (χ1) is 17.9. The smallest absolute Gasteiger partial charge is 0.407 e. The Morgan fingerprint density at radius 2 is 2.08 bits per heavy atom. The fraction of sp³-hybridized carbons (Fsp3) is 0.483. The SMILES string of the molecule is Cc1[nH]nc2c1[C@](c1cc(C#CC3CC(NC(=O)OC(C)(C)C)C3)cc(CO)c1)(C(C)C)C(C#N)=C(N)O2. The van der Waals surface area contributed by atoms with Crippen LogP contribution in [0.4, 0.5) is 4.79 Å². The third-order valence-corrected chi connectivity index (χ3v) is 7.04. The Kier molecular flexibility index (Phi) is 7.18. The van der Waals surface area contributed by atoms with E-state index in [2.05, 4.69) is 33.4 Å². The fourth-order valence-electron chi connectivity index (χ4n) is 5.36. The first kappa shape index (κ1) is 27.1. The van der Waals surface area contributed by atoms with Crippen LogP contribution >= 0.6 is 0 Å². The van der Waals surface area contributed by atoms with E-state index in [1.54, 1.807) is 0 Å². The maximum absolute atomic E-state index is 12.0. The van der Waals surface area contributed by atoms with Crippen LogP contribution in [-0.2, 0) is 16.8 Å². The van der Waals surface area contributed by atoms with E-state index >= 15 is 0 Å². The number of allylic oxidation sites excluding steroid dienone is 1. The zero-order valence-electron chi connectivity index (χ0n) is 22.7. The van der Waals surface area contributed by atoms with Gasteiger partial charge in [-0.3, -0.25) is 5.10 Å². The van der Waals surface area contributed by atoms with Crippen molar-refractivity contribution in [2.75, 3.05) is 0 Å². The molecule has 1 aliphatic heterocycles. The topological polar surface area (TPSA) is 146 Å². The average molecular weight is 518 g/mol. The van der Waals surface area contributed by atoms with Crippen molar-refractivity contribution in [2.24, 2.45) is 17.6 Å². The molecule has 200 valence electrons. The van der Waals surface area contributed by atoms with Crippen molar-refractivity contribution in [2.45, 2.75) is 78.0 Å². The van der Waals surface area contributed by atoms with E-state index < -0.39 is 17.1 Å². The van der Waals surface area contributed by atoms with Crippen molar-refractivity contribution in [1.29, 1.82) is 5.26 Å². The number of rotatable bonds is 4. The number of amides is 1. The van der Waals surface area contributed by atoms with Gasteiger partial charge < -0.3 is 25.6 Å². The Morgan fingerprint density at radius 3 is 2.68 bits per heavy atom. The molecule has 1 fully saturated rings. The van der Waals surface area contributed by atoms with Gasteiger partial charge in [0.25, 0.3) is 0 Å². The van der Waals surface area contributed by atoms with Gasteiger partial charge in [0.2, 0.25) is 11.8 Å². The molecule has 1 saturated carbocycles. The van der Waals surface area contributed by atoms with Crippen LogP contribution in [0.25, 0.3) is 0 Å². The number of carbonyl (C=O) groups excluding carboxylic acids is 1. The molecular weight excluding hydrogens is 482 g/mol. The number of nitrogens with one attached hydrogen (secondary N) is 2. The number of aliphatic hydroxyl groups is 1. The number of hydrogen-bond donors (Lipinski definition) is 4. The van der Waals surface area contributed by atoms with E-state index in [1.807, 2.05) is 59.7 Å².